The highest BCUT2D eigenvalue weighted by Gasteiger charge is 2.38. The topological polar surface area (TPSA) is 46.5 Å². The van der Waals surface area contributed by atoms with E-state index in [9.17, 15) is 9.59 Å². The van der Waals surface area contributed by atoms with Crippen molar-refractivity contribution in [2.45, 2.75) is 5.92 Å². The first-order valence-corrected chi connectivity index (χ1v) is 7.39. The minimum Gasteiger partial charge on any atom is -0.293 e. The summed E-state index contributed by atoms with van der Waals surface area (Å²) in [6.07, 6.45) is 0. The molecule has 0 bridgehead atoms. The van der Waals surface area contributed by atoms with Crippen molar-refractivity contribution in [2.24, 2.45) is 4.99 Å². The molecule has 0 radical (unpaired) electrons. The molecular weight excluding hydrogens is 321 g/mol. The van der Waals surface area contributed by atoms with Crippen LogP contribution in [-0.2, 0) is 0 Å². The summed E-state index contributed by atoms with van der Waals surface area (Å²) in [5.74, 6) is -1.13. The number of benzene rings is 2. The quantitative estimate of drug-likeness (QED) is 0.785. The van der Waals surface area contributed by atoms with Crippen molar-refractivity contribution in [1.82, 2.24) is 0 Å². The van der Waals surface area contributed by atoms with Crippen LogP contribution >= 0.6 is 23.2 Å². The molecule has 0 fully saturated rings. The van der Waals surface area contributed by atoms with Crippen LogP contribution in [0.3, 0.4) is 0 Å². The lowest BCUT2D eigenvalue weighted by atomic mass is 9.77. The van der Waals surface area contributed by atoms with Gasteiger partial charge in [-0.25, -0.2) is 0 Å². The molecule has 2 aromatic carbocycles. The van der Waals surface area contributed by atoms with E-state index in [1.807, 2.05) is 0 Å². The monoisotopic (exact) mass is 331 g/mol. The van der Waals surface area contributed by atoms with Gasteiger partial charge in [-0.3, -0.25) is 14.6 Å². The Morgan fingerprint density at radius 3 is 2.27 bits per heavy atom. The van der Waals surface area contributed by atoms with Gasteiger partial charge in [0.2, 0.25) is 5.78 Å². The Morgan fingerprint density at radius 2 is 1.64 bits per heavy atom. The fourth-order valence-corrected chi connectivity index (χ4v) is 2.98. The van der Waals surface area contributed by atoms with Gasteiger partial charge in [0.15, 0.2) is 5.78 Å². The molecule has 0 spiro atoms. The van der Waals surface area contributed by atoms with Gasteiger partial charge >= 0.3 is 0 Å². The zero-order chi connectivity index (χ0) is 15.9. The Labute approximate surface area is 137 Å². The number of Topliss-reactive ketones (excluding diaryl/α,β-unsaturated/α-hetero) is 2. The standard InChI is InChI=1S/C17H11Cl2NO2/c1-20-15-14(9-6-7-12(18)13(19)8-9)16(21)10-4-2-3-5-11(10)17(15)22/h2-8,14H,1H3. The zero-order valence-electron chi connectivity index (χ0n) is 11.6. The number of nitrogens with zero attached hydrogens (tertiary/aromatic N) is 1. The second-order valence-electron chi connectivity index (χ2n) is 4.95. The second-order valence-corrected chi connectivity index (χ2v) is 5.77. The van der Waals surface area contributed by atoms with Gasteiger partial charge in [-0.05, 0) is 17.7 Å². The molecule has 1 unspecified atom stereocenters. The summed E-state index contributed by atoms with van der Waals surface area (Å²) in [5, 5.41) is 0.740. The van der Waals surface area contributed by atoms with Crippen molar-refractivity contribution in [3.63, 3.8) is 0 Å². The molecule has 3 nitrogen and oxygen atoms in total. The van der Waals surface area contributed by atoms with E-state index in [1.165, 1.54) is 7.05 Å². The number of carbonyl (C=O) groups excluding carboxylic acids is 2. The predicted octanol–water partition coefficient (Wildman–Crippen LogP) is 4.23. The molecule has 0 aromatic heterocycles. The lowest BCUT2D eigenvalue weighted by molar-refractivity contribution is 0.0947. The van der Waals surface area contributed by atoms with E-state index in [0.717, 1.165) is 0 Å². The maximum atomic E-state index is 12.8. The van der Waals surface area contributed by atoms with Crippen molar-refractivity contribution in [3.8, 4) is 0 Å². The molecule has 0 N–H and O–H groups in total. The third-order valence-corrected chi connectivity index (χ3v) is 4.46. The number of ketones is 2. The third kappa shape index (κ3) is 2.27. The van der Waals surface area contributed by atoms with Crippen molar-refractivity contribution in [2.75, 3.05) is 7.05 Å². The van der Waals surface area contributed by atoms with Crippen molar-refractivity contribution in [1.29, 1.82) is 0 Å². The van der Waals surface area contributed by atoms with E-state index in [0.29, 0.717) is 26.7 Å². The maximum Gasteiger partial charge on any atom is 0.208 e. The largest absolute Gasteiger partial charge is 0.293 e. The van der Waals surface area contributed by atoms with E-state index < -0.39 is 5.92 Å². The molecule has 0 heterocycles. The minimum atomic E-state index is -0.748. The van der Waals surface area contributed by atoms with E-state index in [1.54, 1.807) is 42.5 Å². The van der Waals surface area contributed by atoms with Gasteiger partial charge in [0, 0.05) is 18.2 Å². The van der Waals surface area contributed by atoms with Crippen molar-refractivity contribution in [3.05, 3.63) is 69.2 Å². The SMILES string of the molecule is CN=C1C(=O)c2ccccc2C(=O)C1c1ccc(Cl)c(Cl)c1. The molecule has 3 rings (SSSR count). The lowest BCUT2D eigenvalue weighted by Gasteiger charge is -2.24. The summed E-state index contributed by atoms with van der Waals surface area (Å²) < 4.78 is 0. The average Bonchev–Trinajstić information content (AvgIpc) is 2.53. The van der Waals surface area contributed by atoms with Crippen LogP contribution < -0.4 is 0 Å². The Kier molecular flexibility index (Phi) is 3.85. The van der Waals surface area contributed by atoms with Crippen LogP contribution in [0.4, 0.5) is 0 Å². The van der Waals surface area contributed by atoms with Gasteiger partial charge in [-0.15, -0.1) is 0 Å². The minimum absolute atomic E-state index is 0.158. The molecular formula is C17H11Cl2NO2. The third-order valence-electron chi connectivity index (χ3n) is 3.72. The number of rotatable bonds is 1. The van der Waals surface area contributed by atoms with Crippen LogP contribution in [0.2, 0.25) is 10.0 Å². The summed E-state index contributed by atoms with van der Waals surface area (Å²) >= 11 is 12.0. The number of hydrogen-bond donors (Lipinski definition) is 0. The van der Waals surface area contributed by atoms with E-state index in [-0.39, 0.29) is 17.3 Å². The summed E-state index contributed by atoms with van der Waals surface area (Å²) in [6, 6.07) is 11.7. The normalized spacial score (nSPS) is 19.4. The molecule has 110 valence electrons. The molecule has 0 saturated carbocycles. The van der Waals surface area contributed by atoms with Crippen LogP contribution in [0.1, 0.15) is 32.2 Å². The molecule has 0 aliphatic heterocycles. The highest BCUT2D eigenvalue weighted by Crippen LogP contribution is 2.34. The predicted molar refractivity (Wildman–Crippen MR) is 87.7 cm³/mol. The fraction of sp³-hybridized carbons (Fsp3) is 0.118. The van der Waals surface area contributed by atoms with Gasteiger partial charge in [-0.1, -0.05) is 53.5 Å². The van der Waals surface area contributed by atoms with E-state index >= 15 is 0 Å². The first-order chi connectivity index (χ1) is 10.5. The summed E-state index contributed by atoms with van der Waals surface area (Å²) in [4.78, 5) is 29.5. The summed E-state index contributed by atoms with van der Waals surface area (Å²) in [5.41, 5.74) is 1.64. The van der Waals surface area contributed by atoms with E-state index in [4.69, 9.17) is 23.2 Å². The van der Waals surface area contributed by atoms with Crippen LogP contribution in [0.5, 0.6) is 0 Å². The van der Waals surface area contributed by atoms with Gasteiger partial charge < -0.3 is 0 Å². The molecule has 1 atom stereocenters. The molecule has 0 amide bonds. The molecule has 1 aliphatic carbocycles. The molecule has 1 aliphatic rings. The zero-order valence-corrected chi connectivity index (χ0v) is 13.2. The Balaban J connectivity index is 2.21. The van der Waals surface area contributed by atoms with Crippen LogP contribution in [0, 0.1) is 0 Å². The lowest BCUT2D eigenvalue weighted by Crippen LogP contribution is -2.35. The van der Waals surface area contributed by atoms with Gasteiger partial charge in [0.05, 0.1) is 21.7 Å². The van der Waals surface area contributed by atoms with Gasteiger partial charge in [0.1, 0.15) is 0 Å². The molecule has 2 aromatic rings. The number of carbonyl (C=O) groups is 2. The van der Waals surface area contributed by atoms with Crippen molar-refractivity contribution >= 4 is 40.5 Å². The first-order valence-electron chi connectivity index (χ1n) is 6.64. The number of hydrogen-bond acceptors (Lipinski definition) is 3. The highest BCUT2D eigenvalue weighted by molar-refractivity contribution is 6.55. The molecule has 0 saturated heterocycles. The first kappa shape index (κ1) is 14.9. The van der Waals surface area contributed by atoms with Crippen LogP contribution in [0.25, 0.3) is 0 Å². The van der Waals surface area contributed by atoms with Gasteiger partial charge in [0.25, 0.3) is 0 Å². The maximum absolute atomic E-state index is 12.8. The van der Waals surface area contributed by atoms with E-state index in [2.05, 4.69) is 4.99 Å². The molecule has 22 heavy (non-hydrogen) atoms. The van der Waals surface area contributed by atoms with Gasteiger partial charge in [-0.2, -0.15) is 0 Å². The number of halogens is 2. The smallest absolute Gasteiger partial charge is 0.208 e. The Hall–Kier alpha value is -1.97. The van der Waals surface area contributed by atoms with Crippen LogP contribution in [-0.4, -0.2) is 24.3 Å². The highest BCUT2D eigenvalue weighted by atomic mass is 35.5. The molecule has 5 heteroatoms. The second kappa shape index (κ2) is 5.67. The Bertz CT molecular complexity index is 827. The number of aliphatic imine (C=N–C) groups is 1. The van der Waals surface area contributed by atoms with Crippen molar-refractivity contribution < 1.29 is 9.59 Å². The Morgan fingerprint density at radius 1 is 0.955 bits per heavy atom. The summed E-state index contributed by atoms with van der Waals surface area (Å²) in [7, 11) is 1.51. The average molecular weight is 332 g/mol. The van der Waals surface area contributed by atoms with Crippen LogP contribution in [0.15, 0.2) is 47.5 Å². The summed E-state index contributed by atoms with van der Waals surface area (Å²) in [6.45, 7) is 0. The fourth-order valence-electron chi connectivity index (χ4n) is 2.68. The number of fused-ring (bicyclic) bond motifs is 1.